The Morgan fingerprint density at radius 1 is 1.28 bits per heavy atom. The van der Waals surface area contributed by atoms with Gasteiger partial charge in [-0.2, -0.15) is 0 Å². The molecule has 0 amide bonds. The van der Waals surface area contributed by atoms with E-state index in [1.54, 1.807) is 0 Å². The lowest BCUT2D eigenvalue weighted by Gasteiger charge is -2.37. The van der Waals surface area contributed by atoms with Crippen molar-refractivity contribution in [1.29, 1.82) is 0 Å². The standard InChI is InChI=1S/C16H25NO/c1-3-9-17-16(12-18-10-4-2)15-11-13-7-5-6-8-14(13)15/h5-8,15-17H,3-4,9-12H2,1-2H3. The minimum Gasteiger partial charge on any atom is -0.380 e. The van der Waals surface area contributed by atoms with Crippen LogP contribution in [0.5, 0.6) is 0 Å². The molecule has 0 aliphatic heterocycles. The lowest BCUT2D eigenvalue weighted by molar-refractivity contribution is 0.101. The normalized spacial score (nSPS) is 19.1. The van der Waals surface area contributed by atoms with Gasteiger partial charge in [0, 0.05) is 18.6 Å². The van der Waals surface area contributed by atoms with Crippen LogP contribution in [0.25, 0.3) is 0 Å². The summed E-state index contributed by atoms with van der Waals surface area (Å²) in [5.74, 6) is 0.643. The van der Waals surface area contributed by atoms with Gasteiger partial charge in [-0.05, 0) is 36.9 Å². The molecule has 18 heavy (non-hydrogen) atoms. The van der Waals surface area contributed by atoms with E-state index in [9.17, 15) is 0 Å². The summed E-state index contributed by atoms with van der Waals surface area (Å²) in [6.07, 6.45) is 3.48. The summed E-state index contributed by atoms with van der Waals surface area (Å²) in [6.45, 7) is 7.17. The highest BCUT2D eigenvalue weighted by molar-refractivity contribution is 5.41. The minimum atomic E-state index is 0.478. The van der Waals surface area contributed by atoms with Gasteiger partial charge in [0.25, 0.3) is 0 Å². The van der Waals surface area contributed by atoms with Gasteiger partial charge in [0.1, 0.15) is 0 Å². The SMILES string of the molecule is CCCNC(COCCC)C1Cc2ccccc21. The van der Waals surface area contributed by atoms with Gasteiger partial charge in [-0.15, -0.1) is 0 Å². The van der Waals surface area contributed by atoms with Crippen LogP contribution in [0.15, 0.2) is 24.3 Å². The highest BCUT2D eigenvalue weighted by Crippen LogP contribution is 2.37. The molecule has 0 spiro atoms. The number of hydrogen-bond donors (Lipinski definition) is 1. The van der Waals surface area contributed by atoms with E-state index in [0.717, 1.165) is 26.2 Å². The maximum Gasteiger partial charge on any atom is 0.0625 e. The molecule has 1 aliphatic rings. The van der Waals surface area contributed by atoms with Crippen LogP contribution >= 0.6 is 0 Å². The first kappa shape index (κ1) is 13.6. The highest BCUT2D eigenvalue weighted by atomic mass is 16.5. The van der Waals surface area contributed by atoms with Crippen molar-refractivity contribution < 1.29 is 4.74 Å². The van der Waals surface area contributed by atoms with Crippen molar-refractivity contribution in [3.8, 4) is 0 Å². The highest BCUT2D eigenvalue weighted by Gasteiger charge is 2.32. The Hall–Kier alpha value is -0.860. The summed E-state index contributed by atoms with van der Waals surface area (Å²) in [4.78, 5) is 0. The van der Waals surface area contributed by atoms with Gasteiger partial charge in [-0.25, -0.2) is 0 Å². The number of hydrogen-bond acceptors (Lipinski definition) is 2. The Balaban J connectivity index is 1.93. The zero-order valence-corrected chi connectivity index (χ0v) is 11.6. The van der Waals surface area contributed by atoms with E-state index in [4.69, 9.17) is 4.74 Å². The monoisotopic (exact) mass is 247 g/mol. The molecule has 0 bridgehead atoms. The molecule has 1 N–H and O–H groups in total. The van der Waals surface area contributed by atoms with E-state index in [2.05, 4.69) is 43.4 Å². The predicted molar refractivity (Wildman–Crippen MR) is 76.1 cm³/mol. The predicted octanol–water partition coefficient (Wildman–Crippen LogP) is 3.12. The molecule has 100 valence electrons. The molecule has 0 radical (unpaired) electrons. The summed E-state index contributed by atoms with van der Waals surface area (Å²) in [6, 6.07) is 9.28. The molecule has 0 fully saturated rings. The van der Waals surface area contributed by atoms with Crippen molar-refractivity contribution in [2.24, 2.45) is 0 Å². The largest absolute Gasteiger partial charge is 0.380 e. The fourth-order valence-corrected chi connectivity index (χ4v) is 2.66. The van der Waals surface area contributed by atoms with E-state index in [0.29, 0.717) is 12.0 Å². The molecule has 2 rings (SSSR count). The topological polar surface area (TPSA) is 21.3 Å². The van der Waals surface area contributed by atoms with Crippen LogP contribution in [0.1, 0.15) is 43.7 Å². The fraction of sp³-hybridized carbons (Fsp3) is 0.625. The van der Waals surface area contributed by atoms with Crippen LogP contribution in [0.3, 0.4) is 0 Å². The second-order valence-electron chi connectivity index (χ2n) is 5.14. The third-order valence-corrected chi connectivity index (χ3v) is 3.68. The van der Waals surface area contributed by atoms with Crippen molar-refractivity contribution in [2.45, 2.75) is 45.1 Å². The maximum atomic E-state index is 5.75. The van der Waals surface area contributed by atoms with E-state index in [1.165, 1.54) is 24.0 Å². The van der Waals surface area contributed by atoms with Gasteiger partial charge >= 0.3 is 0 Å². The first-order valence-electron chi connectivity index (χ1n) is 7.25. The van der Waals surface area contributed by atoms with Gasteiger partial charge in [-0.1, -0.05) is 38.1 Å². The van der Waals surface area contributed by atoms with Gasteiger partial charge in [0.05, 0.1) is 6.61 Å². The molecular weight excluding hydrogens is 222 g/mol. The third-order valence-electron chi connectivity index (χ3n) is 3.68. The zero-order valence-electron chi connectivity index (χ0n) is 11.6. The number of benzene rings is 1. The fourth-order valence-electron chi connectivity index (χ4n) is 2.66. The van der Waals surface area contributed by atoms with Crippen molar-refractivity contribution in [3.63, 3.8) is 0 Å². The summed E-state index contributed by atoms with van der Waals surface area (Å²) in [5.41, 5.74) is 3.03. The Kier molecular flexibility index (Phi) is 5.21. The van der Waals surface area contributed by atoms with E-state index in [1.807, 2.05) is 0 Å². The molecule has 0 saturated carbocycles. The number of fused-ring (bicyclic) bond motifs is 1. The molecule has 0 saturated heterocycles. The van der Waals surface area contributed by atoms with Gasteiger partial charge < -0.3 is 10.1 Å². The first-order valence-corrected chi connectivity index (χ1v) is 7.25. The molecule has 2 unspecified atom stereocenters. The van der Waals surface area contributed by atoms with E-state index < -0.39 is 0 Å². The van der Waals surface area contributed by atoms with Crippen LogP contribution in [0.4, 0.5) is 0 Å². The van der Waals surface area contributed by atoms with Crippen molar-refractivity contribution in [2.75, 3.05) is 19.8 Å². The quantitative estimate of drug-likeness (QED) is 0.713. The molecule has 2 nitrogen and oxygen atoms in total. The van der Waals surface area contributed by atoms with Gasteiger partial charge in [0.2, 0.25) is 0 Å². The van der Waals surface area contributed by atoms with Crippen LogP contribution in [-0.4, -0.2) is 25.8 Å². The average Bonchev–Trinajstić information content (AvgIpc) is 2.37. The zero-order chi connectivity index (χ0) is 12.8. The van der Waals surface area contributed by atoms with Gasteiger partial charge in [-0.3, -0.25) is 0 Å². The first-order chi connectivity index (χ1) is 8.86. The maximum absolute atomic E-state index is 5.75. The third kappa shape index (κ3) is 3.12. The molecule has 0 aromatic heterocycles. The number of ether oxygens (including phenoxy) is 1. The van der Waals surface area contributed by atoms with Crippen LogP contribution < -0.4 is 5.32 Å². The van der Waals surface area contributed by atoms with Crippen molar-refractivity contribution in [3.05, 3.63) is 35.4 Å². The molecule has 1 aromatic rings. The second-order valence-corrected chi connectivity index (χ2v) is 5.14. The molecule has 1 aliphatic carbocycles. The summed E-state index contributed by atoms with van der Waals surface area (Å²) >= 11 is 0. The Morgan fingerprint density at radius 2 is 2.11 bits per heavy atom. The Labute approximate surface area is 111 Å². The average molecular weight is 247 g/mol. The molecule has 2 heteroatoms. The smallest absolute Gasteiger partial charge is 0.0625 e. The minimum absolute atomic E-state index is 0.478. The lowest BCUT2D eigenvalue weighted by Crippen LogP contribution is -2.43. The Bertz CT molecular complexity index is 364. The van der Waals surface area contributed by atoms with Gasteiger partial charge in [0.15, 0.2) is 0 Å². The number of rotatable bonds is 8. The summed E-state index contributed by atoms with van der Waals surface area (Å²) in [7, 11) is 0. The molecule has 2 atom stereocenters. The van der Waals surface area contributed by atoms with Crippen LogP contribution in [-0.2, 0) is 11.2 Å². The molecule has 0 heterocycles. The number of nitrogens with one attached hydrogen (secondary N) is 1. The summed E-state index contributed by atoms with van der Waals surface area (Å²) in [5, 5.41) is 3.65. The van der Waals surface area contributed by atoms with Crippen molar-refractivity contribution in [1.82, 2.24) is 5.32 Å². The van der Waals surface area contributed by atoms with Crippen LogP contribution in [0.2, 0.25) is 0 Å². The van der Waals surface area contributed by atoms with Crippen LogP contribution in [0, 0.1) is 0 Å². The second kappa shape index (κ2) is 6.91. The van der Waals surface area contributed by atoms with E-state index in [-0.39, 0.29) is 0 Å². The Morgan fingerprint density at radius 3 is 2.83 bits per heavy atom. The van der Waals surface area contributed by atoms with Crippen molar-refractivity contribution >= 4 is 0 Å². The molecule has 1 aromatic carbocycles. The lowest BCUT2D eigenvalue weighted by atomic mass is 9.73. The summed E-state index contributed by atoms with van der Waals surface area (Å²) < 4.78 is 5.75. The van der Waals surface area contributed by atoms with E-state index >= 15 is 0 Å². The molecular formula is C16H25NO.